The van der Waals surface area contributed by atoms with E-state index in [1.165, 1.54) is 24.3 Å². The van der Waals surface area contributed by atoms with Crippen LogP contribution >= 0.6 is 12.0 Å². The van der Waals surface area contributed by atoms with Crippen molar-refractivity contribution in [2.75, 3.05) is 70.5 Å². The molecule has 2 heterocycles. The van der Waals surface area contributed by atoms with Crippen molar-refractivity contribution in [2.24, 2.45) is 0 Å². The number of nitrogens with one attached hydrogen (secondary N) is 4. The zero-order valence-electron chi connectivity index (χ0n) is 37.4. The molecule has 2 atom stereocenters. The zero-order valence-corrected chi connectivity index (χ0v) is 43.1. The third-order valence-electron chi connectivity index (χ3n) is 8.98. The van der Waals surface area contributed by atoms with Gasteiger partial charge in [0.05, 0.1) is 42.4 Å². The molecule has 0 aliphatic rings. The summed E-state index contributed by atoms with van der Waals surface area (Å²) in [6, 6.07) is 27.0. The average Bonchev–Trinajstić information content (AvgIpc) is 3.28. The molecule has 26 heteroatoms. The predicted molar refractivity (Wildman–Crippen MR) is 245 cm³/mol. The van der Waals surface area contributed by atoms with Crippen LogP contribution in [0.25, 0.3) is 12.2 Å². The number of aliphatic hydroxyl groups excluding tert-OH is 4. The minimum Gasteiger partial charge on any atom is -0.744 e. The van der Waals surface area contributed by atoms with Gasteiger partial charge >= 0.3 is 59.1 Å². The molecule has 0 spiro atoms. The van der Waals surface area contributed by atoms with Crippen molar-refractivity contribution in [3.8, 4) is 0 Å². The normalized spacial score (nSPS) is 12.1. The molecular formula is C42H46N12Na2O10S2. The maximum atomic E-state index is 12.7. The van der Waals surface area contributed by atoms with Crippen molar-refractivity contribution in [1.29, 1.82) is 0 Å². The molecule has 0 radical (unpaired) electrons. The Morgan fingerprint density at radius 3 is 1.50 bits per heavy atom. The predicted octanol–water partition coefficient (Wildman–Crippen LogP) is -2.30. The van der Waals surface area contributed by atoms with Crippen LogP contribution in [0, 0.1) is 0 Å². The largest absolute Gasteiger partial charge is 1.00 e. The van der Waals surface area contributed by atoms with E-state index in [1.807, 2.05) is 48.5 Å². The second-order valence-electron chi connectivity index (χ2n) is 14.3. The number of anilines is 10. The third-order valence-corrected chi connectivity index (χ3v) is 10.5. The van der Waals surface area contributed by atoms with Crippen LogP contribution in [-0.4, -0.2) is 115 Å². The Balaban J connectivity index is 0.00000504. The number of hydrogen-bond acceptors (Lipinski definition) is 23. The number of aromatic nitrogens is 6. The van der Waals surface area contributed by atoms with Gasteiger partial charge < -0.3 is 61.3 Å². The number of benzene rings is 4. The van der Waals surface area contributed by atoms with Crippen molar-refractivity contribution < 1.29 is 107 Å². The number of rotatable bonds is 24. The standard InChI is InChI=1S/C42H48N12O10S2.2Na/c1-27(57)25-54(26-28(2)58)42-51-38(44-32-11-7-4-8-12-32)48-40(52-42)46-34-18-16-30(36(24-34)66(60,61)62)14-13-29-15-17-33(23-35(29)65-64-63-59)45-39-47-37(43-31-9-5-3-6-10-31)49-41(50-39)53(19-21-55)20-22-56;;/h3-18,23-24,27-28,55-59H,19-22,25-26H2,1-2H3,(H,60,61,62)(H2,43,45,47,49,50)(H2,44,46,48,51,52);;/q;2*+1/p-2/b14-13+;;. The summed E-state index contributed by atoms with van der Waals surface area (Å²) in [6.07, 6.45) is 1.26. The van der Waals surface area contributed by atoms with Crippen molar-refractivity contribution in [2.45, 2.75) is 35.8 Å². The summed E-state index contributed by atoms with van der Waals surface area (Å²) in [7, 11) is -5.08. The van der Waals surface area contributed by atoms with Crippen LogP contribution in [0.15, 0.2) is 107 Å². The van der Waals surface area contributed by atoms with Crippen LogP contribution < -0.4 is 95.4 Å². The minimum absolute atomic E-state index is 0. The second-order valence-corrected chi connectivity index (χ2v) is 16.4. The summed E-state index contributed by atoms with van der Waals surface area (Å²) in [5.74, 6) is 0.540. The van der Waals surface area contributed by atoms with Crippen molar-refractivity contribution in [3.05, 3.63) is 108 Å². The molecule has 0 saturated heterocycles. The summed E-state index contributed by atoms with van der Waals surface area (Å²) in [5.41, 5.74) is 2.31. The molecule has 0 aliphatic heterocycles. The SMILES string of the molecule is CC(O)CN(CC(C)O)c1nc(Nc2ccccc2)nc(Nc2ccc(/C=C/c3ccc(Nc4nc(Nc5ccccc5)nc(N(CCO)CCO)n4)cc3SOO[O-])c(S(=O)(=O)[O-])c2)n1.[Na+].[Na+]. The number of para-hydroxylation sites is 2. The molecule has 22 nitrogen and oxygen atoms in total. The average molecular weight is 989 g/mol. The van der Waals surface area contributed by atoms with E-state index in [4.69, 9.17) is 0 Å². The van der Waals surface area contributed by atoms with Crippen LogP contribution in [0.3, 0.4) is 0 Å². The van der Waals surface area contributed by atoms with Gasteiger partial charge in [0.15, 0.2) is 0 Å². The fraction of sp³-hybridized carbons (Fsp3) is 0.238. The van der Waals surface area contributed by atoms with Crippen molar-refractivity contribution >= 4 is 92.8 Å². The van der Waals surface area contributed by atoms with Gasteiger partial charge in [0.25, 0.3) is 0 Å². The monoisotopic (exact) mass is 988 g/mol. The van der Waals surface area contributed by atoms with Gasteiger partial charge in [-0.1, -0.05) is 60.7 Å². The molecular weight excluding hydrogens is 943 g/mol. The molecule has 68 heavy (non-hydrogen) atoms. The van der Waals surface area contributed by atoms with Gasteiger partial charge in [0.2, 0.25) is 35.7 Å². The molecule has 2 unspecified atom stereocenters. The van der Waals surface area contributed by atoms with E-state index in [0.29, 0.717) is 39.6 Å². The first-order valence-corrected chi connectivity index (χ1v) is 22.3. The van der Waals surface area contributed by atoms with Crippen LogP contribution in [-0.2, 0) is 19.5 Å². The molecule has 0 saturated carbocycles. The fourth-order valence-electron chi connectivity index (χ4n) is 6.24. The number of aliphatic hydroxyl groups is 4. The molecule has 348 valence electrons. The third kappa shape index (κ3) is 17.1. The maximum absolute atomic E-state index is 12.7. The maximum Gasteiger partial charge on any atom is 1.00 e. The Labute approximate surface area is 440 Å². The number of nitrogens with zero attached hydrogens (tertiary/aromatic N) is 8. The van der Waals surface area contributed by atoms with Gasteiger partial charge in [-0.3, -0.25) is 5.04 Å². The Hall–Kier alpha value is -4.58. The molecule has 8 N–H and O–H groups in total. The minimum atomic E-state index is -5.08. The second kappa shape index (κ2) is 27.6. The van der Waals surface area contributed by atoms with E-state index in [9.17, 15) is 38.7 Å². The van der Waals surface area contributed by atoms with E-state index in [0.717, 1.165) is 6.07 Å². The molecule has 6 aromatic rings. The van der Waals surface area contributed by atoms with Gasteiger partial charge in [-0.05, 0) is 73.5 Å². The molecule has 4 aromatic carbocycles. The summed E-state index contributed by atoms with van der Waals surface area (Å²) < 4.78 is 42.8. The van der Waals surface area contributed by atoms with Gasteiger partial charge in [-0.2, -0.15) is 34.2 Å². The molecule has 0 bridgehead atoms. The Kier molecular flexibility index (Phi) is 22.7. The quantitative estimate of drug-likeness (QED) is 0.00790. The summed E-state index contributed by atoms with van der Waals surface area (Å²) >= 11 is 0.557. The molecule has 0 fully saturated rings. The van der Waals surface area contributed by atoms with Crippen LogP contribution in [0.5, 0.6) is 0 Å². The first-order chi connectivity index (χ1) is 31.8. The smallest absolute Gasteiger partial charge is 0.744 e. The van der Waals surface area contributed by atoms with Gasteiger partial charge in [0, 0.05) is 53.8 Å². The Morgan fingerprint density at radius 1 is 0.632 bits per heavy atom. The number of hydrogen-bond donors (Lipinski definition) is 8. The van der Waals surface area contributed by atoms with E-state index in [1.54, 1.807) is 54.0 Å². The van der Waals surface area contributed by atoms with E-state index in [2.05, 4.69) is 60.5 Å². The van der Waals surface area contributed by atoms with Crippen molar-refractivity contribution in [3.63, 3.8) is 0 Å². The van der Waals surface area contributed by atoms with Gasteiger partial charge in [0.1, 0.15) is 10.1 Å². The van der Waals surface area contributed by atoms with E-state index >= 15 is 0 Å². The van der Waals surface area contributed by atoms with Crippen molar-refractivity contribution in [1.82, 2.24) is 29.9 Å². The molecule has 2 aromatic heterocycles. The van der Waals surface area contributed by atoms with Crippen LogP contribution in [0.2, 0.25) is 0 Å². The first kappa shape index (κ1) is 56.0. The summed E-state index contributed by atoms with van der Waals surface area (Å²) in [4.78, 5) is 29.8. The van der Waals surface area contributed by atoms with Crippen LogP contribution in [0.1, 0.15) is 25.0 Å². The first-order valence-electron chi connectivity index (χ1n) is 20.1. The Bertz CT molecular complexity index is 2650. The van der Waals surface area contributed by atoms with Gasteiger partial charge in [-0.25, -0.2) is 8.42 Å². The summed E-state index contributed by atoms with van der Waals surface area (Å²) in [5, 5.41) is 66.5. The van der Waals surface area contributed by atoms with E-state index in [-0.39, 0.29) is 145 Å². The van der Waals surface area contributed by atoms with E-state index < -0.39 is 27.2 Å². The molecule has 6 rings (SSSR count). The fourth-order valence-corrected chi connectivity index (χ4v) is 7.45. The topological polar surface area (TPSA) is 312 Å². The molecule has 0 amide bonds. The Morgan fingerprint density at radius 2 is 1.06 bits per heavy atom. The van der Waals surface area contributed by atoms with Crippen LogP contribution in [0.4, 0.5) is 58.4 Å². The molecule has 0 aliphatic carbocycles. The summed E-state index contributed by atoms with van der Waals surface area (Å²) in [6.45, 7) is 3.08. The zero-order chi connectivity index (χ0) is 47.1. The van der Waals surface area contributed by atoms with Gasteiger partial charge in [-0.15, -0.1) is 0 Å².